The molecule has 0 atom stereocenters. The number of benzene rings is 2. The van der Waals surface area contributed by atoms with Gasteiger partial charge in [-0.05, 0) is 60.2 Å². The first kappa shape index (κ1) is 24.1. The molecule has 0 amide bonds. The maximum atomic E-state index is 12.8. The minimum atomic E-state index is -4.73. The van der Waals surface area contributed by atoms with Crippen molar-refractivity contribution in [3.05, 3.63) is 77.6 Å². The lowest BCUT2D eigenvalue weighted by molar-refractivity contribution is -0.274. The number of nitrogens with zero attached hydrogens (tertiary/aromatic N) is 3. The lowest BCUT2D eigenvalue weighted by atomic mass is 10.2. The first-order valence-electron chi connectivity index (χ1n) is 10.1. The maximum absolute atomic E-state index is 12.8. The maximum Gasteiger partial charge on any atom is 0.573 e. The van der Waals surface area contributed by atoms with Crippen LogP contribution >= 0.6 is 11.6 Å². The van der Waals surface area contributed by atoms with Crippen LogP contribution in [0.4, 0.5) is 24.5 Å². The molecule has 7 nitrogen and oxygen atoms in total. The number of pyridine rings is 1. The number of halogens is 4. The third-order valence-electron chi connectivity index (χ3n) is 5.17. The molecule has 0 unspecified atom stereocenters. The van der Waals surface area contributed by atoms with Crippen LogP contribution in [0, 0.1) is 0 Å². The summed E-state index contributed by atoms with van der Waals surface area (Å²) in [7, 11) is -3.83. The SMILES string of the molecule is O=S(=O)(Nc1cnccc1CN1CCN(c2ccc(OC(F)(F)F)cc2)C1)c1ccc(Cl)cc1. The zero-order chi connectivity index (χ0) is 24.3. The van der Waals surface area contributed by atoms with E-state index in [1.807, 2.05) is 4.90 Å². The lowest BCUT2D eigenvalue weighted by Crippen LogP contribution is -2.25. The second-order valence-electron chi connectivity index (χ2n) is 7.59. The molecule has 1 fully saturated rings. The molecule has 2 aromatic carbocycles. The number of hydrogen-bond acceptors (Lipinski definition) is 6. The largest absolute Gasteiger partial charge is 0.573 e. The van der Waals surface area contributed by atoms with E-state index in [4.69, 9.17) is 11.6 Å². The highest BCUT2D eigenvalue weighted by Gasteiger charge is 2.31. The van der Waals surface area contributed by atoms with E-state index in [0.717, 1.165) is 11.3 Å². The highest BCUT2D eigenvalue weighted by molar-refractivity contribution is 7.92. The zero-order valence-electron chi connectivity index (χ0n) is 17.7. The molecule has 1 saturated heterocycles. The number of rotatable bonds is 7. The average molecular weight is 513 g/mol. The molecule has 0 saturated carbocycles. The molecule has 4 rings (SSSR count). The van der Waals surface area contributed by atoms with Gasteiger partial charge in [0.25, 0.3) is 10.0 Å². The van der Waals surface area contributed by atoms with Gasteiger partial charge < -0.3 is 9.64 Å². The first-order valence-corrected chi connectivity index (χ1v) is 12.0. The Morgan fingerprint density at radius 2 is 1.74 bits per heavy atom. The van der Waals surface area contributed by atoms with E-state index in [1.54, 1.807) is 24.4 Å². The minimum absolute atomic E-state index is 0.0806. The molecule has 0 spiro atoms. The second kappa shape index (κ2) is 9.69. The Morgan fingerprint density at radius 3 is 2.41 bits per heavy atom. The molecule has 0 bridgehead atoms. The van der Waals surface area contributed by atoms with Gasteiger partial charge in [-0.3, -0.25) is 14.6 Å². The van der Waals surface area contributed by atoms with Crippen LogP contribution in [0.3, 0.4) is 0 Å². The van der Waals surface area contributed by atoms with E-state index >= 15 is 0 Å². The molecule has 1 aromatic heterocycles. The summed E-state index contributed by atoms with van der Waals surface area (Å²) in [5.74, 6) is -0.276. The molecule has 3 aromatic rings. The third-order valence-corrected chi connectivity index (χ3v) is 6.80. The van der Waals surface area contributed by atoms with Gasteiger partial charge in [-0.15, -0.1) is 13.2 Å². The van der Waals surface area contributed by atoms with Crippen LogP contribution in [0.2, 0.25) is 5.02 Å². The van der Waals surface area contributed by atoms with Crippen LogP contribution in [0.15, 0.2) is 71.9 Å². The van der Waals surface area contributed by atoms with E-state index in [2.05, 4.69) is 19.3 Å². The van der Waals surface area contributed by atoms with Crippen molar-refractivity contribution in [1.29, 1.82) is 0 Å². The van der Waals surface area contributed by atoms with Crippen molar-refractivity contribution in [3.8, 4) is 5.75 Å². The summed E-state index contributed by atoms with van der Waals surface area (Å²) in [6.07, 6.45) is -1.69. The van der Waals surface area contributed by atoms with Crippen LogP contribution in [0.1, 0.15) is 5.56 Å². The Kier molecular flexibility index (Phi) is 6.87. The van der Waals surface area contributed by atoms with E-state index < -0.39 is 16.4 Å². The first-order chi connectivity index (χ1) is 16.1. The summed E-state index contributed by atoms with van der Waals surface area (Å²) >= 11 is 5.85. The number of nitrogens with one attached hydrogen (secondary N) is 1. The molecule has 180 valence electrons. The summed E-state index contributed by atoms with van der Waals surface area (Å²) in [6, 6.07) is 13.3. The number of ether oxygens (including phenoxy) is 1. The van der Waals surface area contributed by atoms with Crippen molar-refractivity contribution in [2.24, 2.45) is 0 Å². The minimum Gasteiger partial charge on any atom is -0.406 e. The van der Waals surface area contributed by atoms with Gasteiger partial charge in [0.05, 0.1) is 23.4 Å². The quantitative estimate of drug-likeness (QED) is 0.494. The van der Waals surface area contributed by atoms with Crippen LogP contribution in [0.25, 0.3) is 0 Å². The Labute approximate surface area is 199 Å². The van der Waals surface area contributed by atoms with Crippen LogP contribution in [-0.4, -0.2) is 44.4 Å². The number of alkyl halides is 3. The fourth-order valence-corrected chi connectivity index (χ4v) is 4.77. The summed E-state index contributed by atoms with van der Waals surface area (Å²) in [5, 5.41) is 0.433. The number of sulfonamides is 1. The summed E-state index contributed by atoms with van der Waals surface area (Å²) in [4.78, 5) is 8.22. The summed E-state index contributed by atoms with van der Waals surface area (Å²) < 4.78 is 69.1. The Morgan fingerprint density at radius 1 is 1.03 bits per heavy atom. The highest BCUT2D eigenvalue weighted by Crippen LogP contribution is 2.28. The van der Waals surface area contributed by atoms with Gasteiger partial charge in [-0.25, -0.2) is 8.42 Å². The zero-order valence-corrected chi connectivity index (χ0v) is 19.2. The molecular weight excluding hydrogens is 493 g/mol. The predicted molar refractivity (Wildman–Crippen MR) is 122 cm³/mol. The molecule has 2 heterocycles. The normalized spacial score (nSPS) is 14.9. The monoisotopic (exact) mass is 512 g/mol. The van der Waals surface area contributed by atoms with Crippen molar-refractivity contribution in [1.82, 2.24) is 9.88 Å². The summed E-state index contributed by atoms with van der Waals surface area (Å²) in [6.45, 7) is 2.32. The van der Waals surface area contributed by atoms with Crippen molar-refractivity contribution in [2.75, 3.05) is 29.4 Å². The van der Waals surface area contributed by atoms with Crippen molar-refractivity contribution in [2.45, 2.75) is 17.8 Å². The molecule has 1 N–H and O–H groups in total. The molecule has 34 heavy (non-hydrogen) atoms. The third kappa shape index (κ3) is 6.10. The van der Waals surface area contributed by atoms with Gasteiger partial charge in [0.15, 0.2) is 0 Å². The average Bonchev–Trinajstić information content (AvgIpc) is 3.23. The predicted octanol–water partition coefficient (Wildman–Crippen LogP) is 4.71. The van der Waals surface area contributed by atoms with Crippen LogP contribution in [-0.2, 0) is 16.6 Å². The molecule has 0 radical (unpaired) electrons. The van der Waals surface area contributed by atoms with Gasteiger partial charge >= 0.3 is 6.36 Å². The number of hydrogen-bond donors (Lipinski definition) is 1. The number of aromatic nitrogens is 1. The molecule has 12 heteroatoms. The smallest absolute Gasteiger partial charge is 0.406 e. The number of anilines is 2. The Hall–Kier alpha value is -3.02. The van der Waals surface area contributed by atoms with Crippen molar-refractivity contribution < 1.29 is 26.3 Å². The molecular formula is C22H20ClF3N4O3S. The second-order valence-corrected chi connectivity index (χ2v) is 9.71. The molecule has 1 aliphatic heterocycles. The van der Waals surface area contributed by atoms with Gasteiger partial charge in [0.1, 0.15) is 5.75 Å². The van der Waals surface area contributed by atoms with Gasteiger partial charge in [-0.1, -0.05) is 11.6 Å². The standard InChI is InChI=1S/C22H20ClF3N4O3S/c23-17-1-7-20(8-2-17)34(31,32)28-21-13-27-10-9-16(21)14-29-11-12-30(15-29)18-3-5-19(6-4-18)33-22(24,25)26/h1-10,13,28H,11-12,14-15H2. The fourth-order valence-electron chi connectivity index (χ4n) is 3.55. The van der Waals surface area contributed by atoms with E-state index in [0.29, 0.717) is 37.0 Å². The fraction of sp³-hybridized carbons (Fsp3) is 0.227. The van der Waals surface area contributed by atoms with E-state index in [9.17, 15) is 21.6 Å². The van der Waals surface area contributed by atoms with E-state index in [-0.39, 0.29) is 10.6 Å². The van der Waals surface area contributed by atoms with Crippen molar-refractivity contribution >= 4 is 33.0 Å². The van der Waals surface area contributed by atoms with Gasteiger partial charge in [-0.2, -0.15) is 0 Å². The Balaban J connectivity index is 1.42. The van der Waals surface area contributed by atoms with Crippen molar-refractivity contribution in [3.63, 3.8) is 0 Å². The van der Waals surface area contributed by atoms with Crippen LogP contribution < -0.4 is 14.4 Å². The van der Waals surface area contributed by atoms with E-state index in [1.165, 1.54) is 42.6 Å². The Bertz CT molecular complexity index is 1240. The van der Waals surface area contributed by atoms with Crippen LogP contribution in [0.5, 0.6) is 5.75 Å². The van der Waals surface area contributed by atoms with Gasteiger partial charge in [0, 0.05) is 36.5 Å². The summed E-state index contributed by atoms with van der Waals surface area (Å²) in [5.41, 5.74) is 1.86. The lowest BCUT2D eigenvalue weighted by Gasteiger charge is -2.21. The molecule has 0 aliphatic carbocycles. The highest BCUT2D eigenvalue weighted by atomic mass is 35.5. The topological polar surface area (TPSA) is 74.8 Å². The molecule has 1 aliphatic rings. The van der Waals surface area contributed by atoms with Gasteiger partial charge in [0.2, 0.25) is 0 Å².